The maximum Gasteiger partial charge on any atom is 0.264 e. The lowest BCUT2D eigenvalue weighted by atomic mass is 9.99. The standard InChI is InChI=1S/C22H28N2O4S/c1-16-8-7-13-24(15-16)22(25)19-14-18(12-11-17(19)2)29(26,27)23(3)20-9-5-6-10-21(20)28-4/h5-6,9-12,14,16H,7-8,13,15H2,1-4H3. The number of ether oxygens (including phenoxy) is 1. The molecule has 0 aliphatic carbocycles. The van der Waals surface area contributed by atoms with E-state index in [0.29, 0.717) is 36.0 Å². The number of anilines is 1. The van der Waals surface area contributed by atoms with Gasteiger partial charge in [-0.15, -0.1) is 0 Å². The summed E-state index contributed by atoms with van der Waals surface area (Å²) in [5.74, 6) is 0.812. The lowest BCUT2D eigenvalue weighted by Crippen LogP contribution is -2.39. The third-order valence-corrected chi connectivity index (χ3v) is 7.23. The van der Waals surface area contributed by atoms with Gasteiger partial charge in [0, 0.05) is 25.7 Å². The van der Waals surface area contributed by atoms with E-state index in [0.717, 1.165) is 18.4 Å². The number of para-hydroxylation sites is 2. The number of carbonyl (C=O) groups is 1. The second-order valence-corrected chi connectivity index (χ2v) is 9.59. The SMILES string of the molecule is COc1ccccc1N(C)S(=O)(=O)c1ccc(C)c(C(=O)N2CCCC(C)C2)c1. The van der Waals surface area contributed by atoms with Crippen molar-refractivity contribution in [3.8, 4) is 5.75 Å². The zero-order valence-corrected chi connectivity index (χ0v) is 18.2. The summed E-state index contributed by atoms with van der Waals surface area (Å²) in [4.78, 5) is 15.0. The molecule has 3 rings (SSSR count). The average Bonchev–Trinajstić information content (AvgIpc) is 2.72. The van der Waals surface area contributed by atoms with Crippen LogP contribution in [0, 0.1) is 12.8 Å². The Bertz CT molecular complexity index is 1000. The number of aryl methyl sites for hydroxylation is 1. The van der Waals surface area contributed by atoms with Crippen molar-refractivity contribution in [2.24, 2.45) is 5.92 Å². The quantitative estimate of drug-likeness (QED) is 0.745. The van der Waals surface area contributed by atoms with Crippen molar-refractivity contribution in [3.63, 3.8) is 0 Å². The number of sulfonamides is 1. The van der Waals surface area contributed by atoms with Gasteiger partial charge in [0.05, 0.1) is 17.7 Å². The van der Waals surface area contributed by atoms with Crippen LogP contribution in [0.4, 0.5) is 5.69 Å². The summed E-state index contributed by atoms with van der Waals surface area (Å²) in [6, 6.07) is 11.7. The van der Waals surface area contributed by atoms with Gasteiger partial charge in [-0.3, -0.25) is 9.10 Å². The molecule has 1 amide bonds. The number of carbonyl (C=O) groups excluding carboxylic acids is 1. The first-order valence-corrected chi connectivity index (χ1v) is 11.2. The van der Waals surface area contributed by atoms with Crippen LogP contribution in [0.3, 0.4) is 0 Å². The van der Waals surface area contributed by atoms with Crippen LogP contribution in [0.25, 0.3) is 0 Å². The first kappa shape index (κ1) is 21.2. The van der Waals surface area contributed by atoms with E-state index in [9.17, 15) is 13.2 Å². The predicted octanol–water partition coefficient (Wildman–Crippen LogP) is 3.70. The summed E-state index contributed by atoms with van der Waals surface area (Å²) in [6.07, 6.45) is 2.08. The number of methoxy groups -OCH3 is 1. The molecule has 0 N–H and O–H groups in total. The molecule has 1 atom stereocenters. The van der Waals surface area contributed by atoms with Crippen LogP contribution in [0.15, 0.2) is 47.4 Å². The first-order chi connectivity index (χ1) is 13.8. The van der Waals surface area contributed by atoms with Crippen molar-refractivity contribution in [2.75, 3.05) is 31.6 Å². The molecule has 2 aromatic rings. The zero-order valence-electron chi connectivity index (χ0n) is 17.4. The van der Waals surface area contributed by atoms with Gasteiger partial charge >= 0.3 is 0 Å². The van der Waals surface area contributed by atoms with Gasteiger partial charge in [-0.1, -0.05) is 25.1 Å². The third-order valence-electron chi connectivity index (χ3n) is 5.47. The number of rotatable bonds is 5. The highest BCUT2D eigenvalue weighted by Gasteiger charge is 2.27. The number of hydrogen-bond acceptors (Lipinski definition) is 4. The van der Waals surface area contributed by atoms with Crippen molar-refractivity contribution < 1.29 is 17.9 Å². The largest absolute Gasteiger partial charge is 0.495 e. The maximum atomic E-state index is 13.3. The molecule has 29 heavy (non-hydrogen) atoms. The van der Waals surface area contributed by atoms with Crippen molar-refractivity contribution in [2.45, 2.75) is 31.6 Å². The molecule has 0 saturated carbocycles. The third kappa shape index (κ3) is 4.24. The van der Waals surface area contributed by atoms with E-state index in [2.05, 4.69) is 6.92 Å². The summed E-state index contributed by atoms with van der Waals surface area (Å²) in [7, 11) is -0.868. The van der Waals surface area contributed by atoms with Crippen LogP contribution in [0.5, 0.6) is 5.75 Å². The topological polar surface area (TPSA) is 66.9 Å². The lowest BCUT2D eigenvalue weighted by Gasteiger charge is -2.31. The van der Waals surface area contributed by atoms with Gasteiger partial charge in [-0.25, -0.2) is 8.42 Å². The Labute approximate surface area is 173 Å². The minimum atomic E-state index is -3.86. The molecule has 1 heterocycles. The number of benzene rings is 2. The molecule has 0 bridgehead atoms. The summed E-state index contributed by atoms with van der Waals surface area (Å²) in [5, 5.41) is 0. The van der Waals surface area contributed by atoms with E-state index in [1.54, 1.807) is 36.4 Å². The molecule has 1 unspecified atom stereocenters. The minimum absolute atomic E-state index is 0.0879. The average molecular weight is 417 g/mol. The molecule has 7 heteroatoms. The molecular weight excluding hydrogens is 388 g/mol. The highest BCUT2D eigenvalue weighted by Crippen LogP contribution is 2.31. The molecule has 1 aliphatic heterocycles. The van der Waals surface area contributed by atoms with E-state index in [1.807, 2.05) is 11.8 Å². The zero-order chi connectivity index (χ0) is 21.2. The molecule has 6 nitrogen and oxygen atoms in total. The Morgan fingerprint density at radius 2 is 1.93 bits per heavy atom. The normalized spacial score (nSPS) is 17.1. The molecule has 156 valence electrons. The molecule has 2 aromatic carbocycles. The summed E-state index contributed by atoms with van der Waals surface area (Å²) >= 11 is 0. The van der Waals surface area contributed by atoms with Crippen LogP contribution in [0.2, 0.25) is 0 Å². The Balaban J connectivity index is 1.96. The monoisotopic (exact) mass is 416 g/mol. The summed E-state index contributed by atoms with van der Waals surface area (Å²) in [5.41, 5.74) is 1.65. The fraction of sp³-hybridized carbons (Fsp3) is 0.409. The van der Waals surface area contributed by atoms with E-state index >= 15 is 0 Å². The Morgan fingerprint density at radius 1 is 1.21 bits per heavy atom. The summed E-state index contributed by atoms with van der Waals surface area (Å²) in [6.45, 7) is 5.38. The van der Waals surface area contributed by atoms with Crippen molar-refractivity contribution in [3.05, 3.63) is 53.6 Å². The van der Waals surface area contributed by atoms with Crippen LogP contribution in [0.1, 0.15) is 35.7 Å². The highest BCUT2D eigenvalue weighted by atomic mass is 32.2. The number of nitrogens with zero attached hydrogens (tertiary/aromatic N) is 2. The molecule has 1 aliphatic rings. The molecule has 0 spiro atoms. The Kier molecular flexibility index (Phi) is 6.17. The van der Waals surface area contributed by atoms with Crippen LogP contribution in [-0.4, -0.2) is 46.5 Å². The maximum absolute atomic E-state index is 13.3. The lowest BCUT2D eigenvalue weighted by molar-refractivity contribution is 0.0682. The Hall–Kier alpha value is -2.54. The van der Waals surface area contributed by atoms with Gasteiger partial charge in [-0.2, -0.15) is 0 Å². The first-order valence-electron chi connectivity index (χ1n) is 9.77. The smallest absolute Gasteiger partial charge is 0.264 e. The van der Waals surface area contributed by atoms with E-state index in [-0.39, 0.29) is 10.8 Å². The second kappa shape index (κ2) is 8.45. The molecule has 1 saturated heterocycles. The van der Waals surface area contributed by atoms with E-state index in [4.69, 9.17) is 4.74 Å². The number of likely N-dealkylation sites (tertiary alicyclic amines) is 1. The number of hydrogen-bond donors (Lipinski definition) is 0. The van der Waals surface area contributed by atoms with Crippen LogP contribution >= 0.6 is 0 Å². The fourth-order valence-electron chi connectivity index (χ4n) is 3.71. The molecule has 0 radical (unpaired) electrons. The van der Waals surface area contributed by atoms with Gasteiger partial charge in [0.1, 0.15) is 5.75 Å². The molecular formula is C22H28N2O4S. The number of amides is 1. The van der Waals surface area contributed by atoms with Gasteiger partial charge in [0.25, 0.3) is 15.9 Å². The minimum Gasteiger partial charge on any atom is -0.495 e. The van der Waals surface area contributed by atoms with Gasteiger partial charge in [-0.05, 0) is 55.5 Å². The van der Waals surface area contributed by atoms with Crippen molar-refractivity contribution in [1.29, 1.82) is 0 Å². The summed E-state index contributed by atoms with van der Waals surface area (Å²) < 4.78 is 33.0. The predicted molar refractivity (Wildman–Crippen MR) is 114 cm³/mol. The fourth-order valence-corrected chi connectivity index (χ4v) is 4.95. The second-order valence-electron chi connectivity index (χ2n) is 7.62. The van der Waals surface area contributed by atoms with Crippen LogP contribution in [-0.2, 0) is 10.0 Å². The molecule has 0 aromatic heterocycles. The van der Waals surface area contributed by atoms with Crippen molar-refractivity contribution in [1.82, 2.24) is 4.90 Å². The Morgan fingerprint density at radius 3 is 2.62 bits per heavy atom. The van der Waals surface area contributed by atoms with Crippen molar-refractivity contribution >= 4 is 21.6 Å². The van der Waals surface area contributed by atoms with Gasteiger partial charge in [0.2, 0.25) is 0 Å². The highest BCUT2D eigenvalue weighted by molar-refractivity contribution is 7.92. The number of piperidine rings is 1. The van der Waals surface area contributed by atoms with Crippen LogP contribution < -0.4 is 9.04 Å². The van der Waals surface area contributed by atoms with Gasteiger partial charge < -0.3 is 9.64 Å². The molecule has 1 fully saturated rings. The van der Waals surface area contributed by atoms with E-state index in [1.165, 1.54) is 24.5 Å². The van der Waals surface area contributed by atoms with Gasteiger partial charge in [0.15, 0.2) is 0 Å². The van der Waals surface area contributed by atoms with E-state index < -0.39 is 10.0 Å².